The summed E-state index contributed by atoms with van der Waals surface area (Å²) in [5.41, 5.74) is 0. The Hall–Kier alpha value is -0.640. The third kappa shape index (κ3) is 6.61. The van der Waals surface area contributed by atoms with Crippen molar-refractivity contribution in [2.45, 2.75) is 45.9 Å². The van der Waals surface area contributed by atoms with Gasteiger partial charge in [-0.25, -0.2) is 0 Å². The monoisotopic (exact) mass is 253 g/mol. The molecule has 0 atom stereocenters. The Balaban J connectivity index is 2.18. The Morgan fingerprint density at radius 2 is 2.18 bits per heavy atom. The highest BCUT2D eigenvalue weighted by Gasteiger charge is 2.01. The Kier molecular flexibility index (Phi) is 7.17. The molecule has 1 aromatic rings. The molecule has 0 amide bonds. The van der Waals surface area contributed by atoms with Crippen molar-refractivity contribution in [1.29, 1.82) is 0 Å². The zero-order chi connectivity index (χ0) is 12.5. The van der Waals surface area contributed by atoms with E-state index in [0.717, 1.165) is 32.6 Å². The molecule has 96 valence electrons. The van der Waals surface area contributed by atoms with Crippen molar-refractivity contribution in [1.82, 2.24) is 5.32 Å². The third-order valence-corrected chi connectivity index (χ3v) is 3.40. The SMILES string of the molecule is C=CCCCOCc1ccc(CNC(C)C)s1. The first-order valence-electron chi connectivity index (χ1n) is 6.22. The average Bonchev–Trinajstić information content (AvgIpc) is 2.74. The maximum absolute atomic E-state index is 5.60. The lowest BCUT2D eigenvalue weighted by Gasteiger charge is -2.05. The molecule has 0 saturated carbocycles. The van der Waals surface area contributed by atoms with Gasteiger partial charge in [0.25, 0.3) is 0 Å². The zero-order valence-electron chi connectivity index (χ0n) is 10.9. The van der Waals surface area contributed by atoms with Crippen molar-refractivity contribution in [3.63, 3.8) is 0 Å². The molecule has 1 aromatic heterocycles. The van der Waals surface area contributed by atoms with E-state index in [1.54, 1.807) is 0 Å². The van der Waals surface area contributed by atoms with Crippen molar-refractivity contribution >= 4 is 11.3 Å². The van der Waals surface area contributed by atoms with Crippen LogP contribution >= 0.6 is 11.3 Å². The molecular weight excluding hydrogens is 230 g/mol. The number of allylic oxidation sites excluding steroid dienone is 1. The molecule has 0 aliphatic rings. The van der Waals surface area contributed by atoms with Gasteiger partial charge in [-0.3, -0.25) is 0 Å². The van der Waals surface area contributed by atoms with Crippen molar-refractivity contribution in [3.05, 3.63) is 34.5 Å². The fraction of sp³-hybridized carbons (Fsp3) is 0.571. The van der Waals surface area contributed by atoms with Crippen LogP contribution in [-0.2, 0) is 17.9 Å². The molecule has 0 unspecified atom stereocenters. The minimum atomic E-state index is 0.538. The highest BCUT2D eigenvalue weighted by Crippen LogP contribution is 2.17. The van der Waals surface area contributed by atoms with E-state index in [1.807, 2.05) is 17.4 Å². The average molecular weight is 253 g/mol. The summed E-state index contributed by atoms with van der Waals surface area (Å²) in [6, 6.07) is 4.88. The molecule has 2 nitrogen and oxygen atoms in total. The van der Waals surface area contributed by atoms with Crippen LogP contribution in [0.3, 0.4) is 0 Å². The minimum Gasteiger partial charge on any atom is -0.376 e. The lowest BCUT2D eigenvalue weighted by Crippen LogP contribution is -2.21. The van der Waals surface area contributed by atoms with E-state index in [-0.39, 0.29) is 0 Å². The number of nitrogens with one attached hydrogen (secondary N) is 1. The summed E-state index contributed by atoms with van der Waals surface area (Å²) < 4.78 is 5.60. The molecule has 3 heteroatoms. The maximum Gasteiger partial charge on any atom is 0.0809 e. The Bertz CT molecular complexity index is 320. The van der Waals surface area contributed by atoms with Gasteiger partial charge in [0.1, 0.15) is 0 Å². The van der Waals surface area contributed by atoms with Crippen LogP contribution in [0, 0.1) is 0 Å². The van der Waals surface area contributed by atoms with Gasteiger partial charge in [0.15, 0.2) is 0 Å². The van der Waals surface area contributed by atoms with Crippen LogP contribution in [0.1, 0.15) is 36.4 Å². The Morgan fingerprint density at radius 1 is 1.41 bits per heavy atom. The fourth-order valence-corrected chi connectivity index (χ4v) is 2.31. The highest BCUT2D eigenvalue weighted by molar-refractivity contribution is 7.11. The Labute approximate surface area is 109 Å². The summed E-state index contributed by atoms with van der Waals surface area (Å²) in [6.45, 7) is 10.5. The van der Waals surface area contributed by atoms with Gasteiger partial charge in [0, 0.05) is 28.9 Å². The van der Waals surface area contributed by atoms with Gasteiger partial charge >= 0.3 is 0 Å². The number of unbranched alkanes of at least 4 members (excludes halogenated alkanes) is 1. The predicted molar refractivity (Wildman–Crippen MR) is 75.4 cm³/mol. The molecule has 1 heterocycles. The summed E-state index contributed by atoms with van der Waals surface area (Å²) in [4.78, 5) is 2.69. The van der Waals surface area contributed by atoms with Gasteiger partial charge in [-0.15, -0.1) is 17.9 Å². The second kappa shape index (κ2) is 8.45. The van der Waals surface area contributed by atoms with Crippen LogP contribution < -0.4 is 5.32 Å². The lowest BCUT2D eigenvalue weighted by atomic mass is 10.3. The second-order valence-corrected chi connectivity index (χ2v) is 5.64. The molecule has 0 bridgehead atoms. The summed E-state index contributed by atoms with van der Waals surface area (Å²) >= 11 is 1.83. The van der Waals surface area contributed by atoms with Gasteiger partial charge in [-0.2, -0.15) is 0 Å². The van der Waals surface area contributed by atoms with Crippen LogP contribution in [0.25, 0.3) is 0 Å². The largest absolute Gasteiger partial charge is 0.376 e. The van der Waals surface area contributed by atoms with Gasteiger partial charge in [-0.05, 0) is 25.0 Å². The predicted octanol–water partition coefficient (Wildman–Crippen LogP) is 3.73. The summed E-state index contributed by atoms with van der Waals surface area (Å²) in [5.74, 6) is 0. The van der Waals surface area contributed by atoms with E-state index in [0.29, 0.717) is 6.04 Å². The van der Waals surface area contributed by atoms with Crippen molar-refractivity contribution in [3.8, 4) is 0 Å². The van der Waals surface area contributed by atoms with Crippen molar-refractivity contribution < 1.29 is 4.74 Å². The fourth-order valence-electron chi connectivity index (χ4n) is 1.40. The normalized spacial score (nSPS) is 11.0. The van der Waals surface area contributed by atoms with E-state index in [4.69, 9.17) is 4.74 Å². The molecule has 0 aromatic carbocycles. The first kappa shape index (κ1) is 14.4. The molecule has 0 saturated heterocycles. The molecule has 0 spiro atoms. The lowest BCUT2D eigenvalue weighted by molar-refractivity contribution is 0.121. The number of hydrogen-bond acceptors (Lipinski definition) is 3. The molecule has 17 heavy (non-hydrogen) atoms. The van der Waals surface area contributed by atoms with Crippen LogP contribution in [0.2, 0.25) is 0 Å². The number of rotatable bonds is 9. The van der Waals surface area contributed by atoms with Gasteiger partial charge in [0.05, 0.1) is 6.61 Å². The molecule has 1 rings (SSSR count). The number of ether oxygens (including phenoxy) is 1. The summed E-state index contributed by atoms with van der Waals surface area (Å²) in [7, 11) is 0. The Morgan fingerprint density at radius 3 is 2.88 bits per heavy atom. The van der Waals surface area contributed by atoms with E-state index in [2.05, 4.69) is 37.9 Å². The van der Waals surface area contributed by atoms with Gasteiger partial charge < -0.3 is 10.1 Å². The van der Waals surface area contributed by atoms with E-state index in [9.17, 15) is 0 Å². The van der Waals surface area contributed by atoms with Crippen LogP contribution in [0.4, 0.5) is 0 Å². The van der Waals surface area contributed by atoms with Crippen LogP contribution in [0.5, 0.6) is 0 Å². The summed E-state index contributed by atoms with van der Waals surface area (Å²) in [5, 5.41) is 3.42. The topological polar surface area (TPSA) is 21.3 Å². The molecular formula is C14H23NOS. The first-order valence-corrected chi connectivity index (χ1v) is 7.03. The van der Waals surface area contributed by atoms with Crippen molar-refractivity contribution in [2.24, 2.45) is 0 Å². The van der Waals surface area contributed by atoms with E-state index < -0.39 is 0 Å². The third-order valence-electron chi connectivity index (χ3n) is 2.34. The van der Waals surface area contributed by atoms with Gasteiger partial charge in [0.2, 0.25) is 0 Å². The molecule has 0 aliphatic carbocycles. The van der Waals surface area contributed by atoms with E-state index >= 15 is 0 Å². The summed E-state index contributed by atoms with van der Waals surface area (Å²) in [6.07, 6.45) is 4.04. The zero-order valence-corrected chi connectivity index (χ0v) is 11.7. The van der Waals surface area contributed by atoms with Crippen LogP contribution in [-0.4, -0.2) is 12.6 Å². The minimum absolute atomic E-state index is 0.538. The standard InChI is InChI=1S/C14H23NOS/c1-4-5-6-9-16-11-14-8-7-13(17-14)10-15-12(2)3/h4,7-8,12,15H,1,5-6,9-11H2,2-3H3. The van der Waals surface area contributed by atoms with Crippen LogP contribution in [0.15, 0.2) is 24.8 Å². The molecule has 0 fully saturated rings. The molecule has 1 N–H and O–H groups in total. The quantitative estimate of drug-likeness (QED) is 0.535. The van der Waals surface area contributed by atoms with E-state index in [1.165, 1.54) is 9.75 Å². The highest BCUT2D eigenvalue weighted by atomic mass is 32.1. The smallest absolute Gasteiger partial charge is 0.0809 e. The second-order valence-electron chi connectivity index (χ2n) is 4.39. The van der Waals surface area contributed by atoms with Gasteiger partial charge in [-0.1, -0.05) is 19.9 Å². The molecule has 0 aliphatic heterocycles. The number of thiophene rings is 1. The molecule has 0 radical (unpaired) electrons. The first-order chi connectivity index (χ1) is 8.22. The maximum atomic E-state index is 5.60. The van der Waals surface area contributed by atoms with Crippen molar-refractivity contribution in [2.75, 3.05) is 6.61 Å². The number of hydrogen-bond donors (Lipinski definition) is 1.